The maximum atomic E-state index is 8.95. The first kappa shape index (κ1) is 13.0. The molecule has 1 unspecified atom stereocenters. The molecule has 0 aliphatic rings. The summed E-state index contributed by atoms with van der Waals surface area (Å²) in [5.74, 6) is 0.421. The van der Waals surface area contributed by atoms with Crippen LogP contribution in [0.3, 0.4) is 0 Å². The number of nitriles is 1. The van der Waals surface area contributed by atoms with Crippen LogP contribution in [0.2, 0.25) is 0 Å². The molecular formula is C12H16BrN3. The van der Waals surface area contributed by atoms with E-state index in [-0.39, 0.29) is 6.04 Å². The quantitative estimate of drug-likeness (QED) is 0.892. The van der Waals surface area contributed by atoms with E-state index in [2.05, 4.69) is 41.2 Å². The molecule has 0 bridgehead atoms. The largest absolute Gasteiger partial charge is 0.382 e. The minimum atomic E-state index is 0.0884. The molecule has 1 aromatic carbocycles. The van der Waals surface area contributed by atoms with Crippen LogP contribution in [0.5, 0.6) is 0 Å². The highest BCUT2D eigenvalue weighted by Gasteiger charge is 2.08. The maximum Gasteiger partial charge on any atom is 0.101 e. The van der Waals surface area contributed by atoms with Crippen LogP contribution in [0.4, 0.5) is 5.69 Å². The van der Waals surface area contributed by atoms with Crippen molar-refractivity contribution in [2.75, 3.05) is 11.9 Å². The molecule has 3 nitrogen and oxygen atoms in total. The molecule has 0 spiro atoms. The molecule has 1 atom stereocenters. The zero-order chi connectivity index (χ0) is 12.1. The lowest BCUT2D eigenvalue weighted by Gasteiger charge is -2.17. The number of hydrogen-bond donors (Lipinski definition) is 2. The summed E-state index contributed by atoms with van der Waals surface area (Å²) in [5, 5.41) is 12.2. The SMILES string of the molecule is CC(C)C(N)CNc1cc(Br)ccc1C#N. The van der Waals surface area contributed by atoms with E-state index < -0.39 is 0 Å². The van der Waals surface area contributed by atoms with Gasteiger partial charge in [0.2, 0.25) is 0 Å². The Kier molecular flexibility index (Phi) is 4.78. The number of anilines is 1. The minimum Gasteiger partial charge on any atom is -0.382 e. The lowest BCUT2D eigenvalue weighted by atomic mass is 10.1. The molecule has 0 aliphatic carbocycles. The highest BCUT2D eigenvalue weighted by Crippen LogP contribution is 2.20. The minimum absolute atomic E-state index is 0.0884. The van der Waals surface area contributed by atoms with Gasteiger partial charge < -0.3 is 11.1 Å². The van der Waals surface area contributed by atoms with E-state index >= 15 is 0 Å². The monoisotopic (exact) mass is 281 g/mol. The van der Waals surface area contributed by atoms with Gasteiger partial charge in [-0.05, 0) is 24.1 Å². The number of nitrogens with zero attached hydrogens (tertiary/aromatic N) is 1. The van der Waals surface area contributed by atoms with Gasteiger partial charge in [0.1, 0.15) is 6.07 Å². The van der Waals surface area contributed by atoms with Gasteiger partial charge in [0.15, 0.2) is 0 Å². The zero-order valence-electron chi connectivity index (χ0n) is 9.50. The van der Waals surface area contributed by atoms with Gasteiger partial charge in [0, 0.05) is 17.1 Å². The second-order valence-electron chi connectivity index (χ2n) is 4.09. The normalized spacial score (nSPS) is 12.2. The molecule has 0 saturated heterocycles. The first-order valence-corrected chi connectivity index (χ1v) is 6.03. The highest BCUT2D eigenvalue weighted by molar-refractivity contribution is 9.10. The molecule has 0 aromatic heterocycles. The van der Waals surface area contributed by atoms with Crippen molar-refractivity contribution < 1.29 is 0 Å². The first-order chi connectivity index (χ1) is 7.54. The predicted octanol–water partition coefficient (Wildman–Crippen LogP) is 2.72. The lowest BCUT2D eigenvalue weighted by Crippen LogP contribution is -2.34. The van der Waals surface area contributed by atoms with Crippen molar-refractivity contribution in [3.05, 3.63) is 28.2 Å². The van der Waals surface area contributed by atoms with Crippen molar-refractivity contribution in [3.63, 3.8) is 0 Å². The fourth-order valence-corrected chi connectivity index (χ4v) is 1.58. The Morgan fingerprint density at radius 2 is 2.19 bits per heavy atom. The molecule has 4 heteroatoms. The van der Waals surface area contributed by atoms with E-state index in [9.17, 15) is 0 Å². The number of benzene rings is 1. The van der Waals surface area contributed by atoms with E-state index in [1.54, 1.807) is 6.07 Å². The summed E-state index contributed by atoms with van der Waals surface area (Å²) in [7, 11) is 0. The van der Waals surface area contributed by atoms with Crippen molar-refractivity contribution in [1.82, 2.24) is 0 Å². The topological polar surface area (TPSA) is 61.8 Å². The lowest BCUT2D eigenvalue weighted by molar-refractivity contribution is 0.511. The van der Waals surface area contributed by atoms with Crippen LogP contribution < -0.4 is 11.1 Å². The number of hydrogen-bond acceptors (Lipinski definition) is 3. The van der Waals surface area contributed by atoms with Gasteiger partial charge >= 0.3 is 0 Å². The molecule has 0 aliphatic heterocycles. The summed E-state index contributed by atoms with van der Waals surface area (Å²) in [6.07, 6.45) is 0. The van der Waals surface area contributed by atoms with Gasteiger partial charge in [-0.2, -0.15) is 5.26 Å². The summed E-state index contributed by atoms with van der Waals surface area (Å²) in [6.45, 7) is 4.83. The van der Waals surface area contributed by atoms with Gasteiger partial charge in [0.05, 0.1) is 11.3 Å². The standard InChI is InChI=1S/C12H16BrN3/c1-8(2)11(15)7-16-12-5-10(13)4-3-9(12)6-14/h3-5,8,11,16H,7,15H2,1-2H3. The van der Waals surface area contributed by atoms with E-state index in [0.717, 1.165) is 10.2 Å². The molecule has 0 heterocycles. The highest BCUT2D eigenvalue weighted by atomic mass is 79.9. The van der Waals surface area contributed by atoms with E-state index in [1.807, 2.05) is 12.1 Å². The summed E-state index contributed by atoms with van der Waals surface area (Å²) < 4.78 is 0.951. The molecule has 0 amide bonds. The summed E-state index contributed by atoms with van der Waals surface area (Å²) in [5.41, 5.74) is 7.40. The Balaban J connectivity index is 2.73. The average Bonchev–Trinajstić information content (AvgIpc) is 2.25. The smallest absolute Gasteiger partial charge is 0.101 e. The third-order valence-corrected chi connectivity index (χ3v) is 2.98. The van der Waals surface area contributed by atoms with Crippen molar-refractivity contribution in [3.8, 4) is 6.07 Å². The molecular weight excluding hydrogens is 266 g/mol. The Morgan fingerprint density at radius 3 is 2.75 bits per heavy atom. The first-order valence-electron chi connectivity index (χ1n) is 5.23. The molecule has 3 N–H and O–H groups in total. The van der Waals surface area contributed by atoms with Crippen LogP contribution in [0.15, 0.2) is 22.7 Å². The number of halogens is 1. The van der Waals surface area contributed by atoms with Crippen molar-refractivity contribution >= 4 is 21.6 Å². The third-order valence-electron chi connectivity index (χ3n) is 2.49. The Labute approximate surface area is 105 Å². The molecule has 0 radical (unpaired) electrons. The average molecular weight is 282 g/mol. The van der Waals surface area contributed by atoms with Gasteiger partial charge in [-0.1, -0.05) is 29.8 Å². The Morgan fingerprint density at radius 1 is 1.50 bits per heavy atom. The molecule has 16 heavy (non-hydrogen) atoms. The van der Waals surface area contributed by atoms with Crippen LogP contribution >= 0.6 is 15.9 Å². The predicted molar refractivity (Wildman–Crippen MR) is 70.2 cm³/mol. The fourth-order valence-electron chi connectivity index (χ4n) is 1.22. The van der Waals surface area contributed by atoms with Crippen LogP contribution in [-0.2, 0) is 0 Å². The Bertz CT molecular complexity index is 396. The van der Waals surface area contributed by atoms with Crippen LogP contribution in [-0.4, -0.2) is 12.6 Å². The van der Waals surface area contributed by atoms with Crippen molar-refractivity contribution in [1.29, 1.82) is 5.26 Å². The summed E-state index contributed by atoms with van der Waals surface area (Å²) in [6, 6.07) is 7.77. The van der Waals surface area contributed by atoms with Crippen LogP contribution in [0.25, 0.3) is 0 Å². The second kappa shape index (κ2) is 5.88. The van der Waals surface area contributed by atoms with Gasteiger partial charge in [-0.15, -0.1) is 0 Å². The molecule has 0 fully saturated rings. The van der Waals surface area contributed by atoms with E-state index in [0.29, 0.717) is 18.0 Å². The van der Waals surface area contributed by atoms with Gasteiger partial charge in [-0.25, -0.2) is 0 Å². The van der Waals surface area contributed by atoms with Gasteiger partial charge in [0.25, 0.3) is 0 Å². The van der Waals surface area contributed by atoms with Crippen LogP contribution in [0, 0.1) is 17.2 Å². The molecule has 1 rings (SSSR count). The Hall–Kier alpha value is -1.05. The fraction of sp³-hybridized carbons (Fsp3) is 0.417. The molecule has 1 aromatic rings. The molecule has 86 valence electrons. The van der Waals surface area contributed by atoms with E-state index in [4.69, 9.17) is 11.0 Å². The van der Waals surface area contributed by atoms with Gasteiger partial charge in [-0.3, -0.25) is 0 Å². The summed E-state index contributed by atoms with van der Waals surface area (Å²) in [4.78, 5) is 0. The molecule has 0 saturated carbocycles. The van der Waals surface area contributed by atoms with Crippen LogP contribution in [0.1, 0.15) is 19.4 Å². The second-order valence-corrected chi connectivity index (χ2v) is 5.01. The van der Waals surface area contributed by atoms with E-state index in [1.165, 1.54) is 0 Å². The number of nitrogens with one attached hydrogen (secondary N) is 1. The van der Waals surface area contributed by atoms with Crippen molar-refractivity contribution in [2.24, 2.45) is 11.7 Å². The summed E-state index contributed by atoms with van der Waals surface area (Å²) >= 11 is 3.38. The maximum absolute atomic E-state index is 8.95. The van der Waals surface area contributed by atoms with Crippen molar-refractivity contribution in [2.45, 2.75) is 19.9 Å². The zero-order valence-corrected chi connectivity index (χ0v) is 11.1. The third kappa shape index (κ3) is 3.51. The number of nitrogens with two attached hydrogens (primary N) is 1. The number of rotatable bonds is 4.